The lowest BCUT2D eigenvalue weighted by Crippen LogP contribution is -2.57. The highest BCUT2D eigenvalue weighted by Crippen LogP contribution is 2.30. The number of benzene rings is 1. The Labute approximate surface area is 127 Å². The molecular weight excluding hydrogens is 282 g/mol. The maximum Gasteiger partial charge on any atom is 0.261 e. The first kappa shape index (κ1) is 13.1. The van der Waals surface area contributed by atoms with Crippen molar-refractivity contribution in [2.24, 2.45) is 5.92 Å². The fourth-order valence-electron chi connectivity index (χ4n) is 3.54. The number of anilines is 1. The van der Waals surface area contributed by atoms with Gasteiger partial charge in [0.2, 0.25) is 0 Å². The van der Waals surface area contributed by atoms with Crippen molar-refractivity contribution in [3.63, 3.8) is 0 Å². The number of rotatable bonds is 2. The van der Waals surface area contributed by atoms with E-state index in [0.717, 1.165) is 27.2 Å². The Bertz CT molecular complexity index is 688. The Kier molecular flexibility index (Phi) is 3.12. The third kappa shape index (κ3) is 2.40. The Balaban J connectivity index is 1.53. The minimum atomic E-state index is 0.0634. The summed E-state index contributed by atoms with van der Waals surface area (Å²) in [7, 11) is 0. The van der Waals surface area contributed by atoms with Crippen LogP contribution in [0.5, 0.6) is 0 Å². The van der Waals surface area contributed by atoms with Crippen LogP contribution in [-0.4, -0.2) is 36.5 Å². The predicted molar refractivity (Wildman–Crippen MR) is 86.7 cm³/mol. The van der Waals surface area contributed by atoms with E-state index in [0.29, 0.717) is 12.0 Å². The number of carbonyl (C=O) groups excluding carboxylic acids is 1. The van der Waals surface area contributed by atoms with Crippen molar-refractivity contribution in [1.29, 1.82) is 0 Å². The number of thiophene rings is 1. The molecule has 5 rings (SSSR count). The van der Waals surface area contributed by atoms with Gasteiger partial charge in [0.1, 0.15) is 0 Å². The lowest BCUT2D eigenvalue weighted by molar-refractivity contribution is 0.0622. The molecule has 1 aromatic carbocycles. The van der Waals surface area contributed by atoms with E-state index in [4.69, 9.17) is 5.73 Å². The SMILES string of the molecule is Nc1ccc2sc(C(=O)N[C@@H]3CN4CCC3CC4)cc2c1. The van der Waals surface area contributed by atoms with Crippen LogP contribution in [0, 0.1) is 5.92 Å². The van der Waals surface area contributed by atoms with Gasteiger partial charge in [0.05, 0.1) is 4.88 Å². The van der Waals surface area contributed by atoms with Crippen molar-refractivity contribution in [3.05, 3.63) is 29.1 Å². The van der Waals surface area contributed by atoms with Crippen LogP contribution in [0.15, 0.2) is 24.3 Å². The monoisotopic (exact) mass is 301 g/mol. The molecule has 0 radical (unpaired) electrons. The third-order valence-electron chi connectivity index (χ3n) is 4.74. The molecule has 1 atom stereocenters. The highest BCUT2D eigenvalue weighted by molar-refractivity contribution is 7.20. The Morgan fingerprint density at radius 1 is 1.29 bits per heavy atom. The molecule has 1 amide bonds. The molecule has 3 saturated heterocycles. The molecule has 5 heteroatoms. The molecule has 3 N–H and O–H groups in total. The van der Waals surface area contributed by atoms with E-state index in [1.165, 1.54) is 25.9 Å². The number of piperidine rings is 3. The van der Waals surface area contributed by atoms with Crippen LogP contribution < -0.4 is 11.1 Å². The van der Waals surface area contributed by atoms with Crippen LogP contribution in [0.1, 0.15) is 22.5 Å². The Hall–Kier alpha value is -1.59. The molecular formula is C16H19N3OS. The summed E-state index contributed by atoms with van der Waals surface area (Å²) in [6, 6.07) is 8.06. The average molecular weight is 301 g/mol. The topological polar surface area (TPSA) is 58.4 Å². The summed E-state index contributed by atoms with van der Waals surface area (Å²) in [5, 5.41) is 4.30. The van der Waals surface area contributed by atoms with E-state index < -0.39 is 0 Å². The number of hydrogen-bond donors (Lipinski definition) is 2. The maximum atomic E-state index is 12.5. The van der Waals surface area contributed by atoms with E-state index in [1.807, 2.05) is 24.3 Å². The molecule has 0 spiro atoms. The molecule has 2 aromatic rings. The fraction of sp³-hybridized carbons (Fsp3) is 0.438. The zero-order valence-corrected chi connectivity index (χ0v) is 12.7. The second-order valence-electron chi connectivity index (χ2n) is 6.13. The van der Waals surface area contributed by atoms with Gasteiger partial charge in [-0.15, -0.1) is 11.3 Å². The minimum absolute atomic E-state index is 0.0634. The second kappa shape index (κ2) is 5.00. The Morgan fingerprint density at radius 3 is 2.81 bits per heavy atom. The van der Waals surface area contributed by atoms with E-state index in [-0.39, 0.29) is 5.91 Å². The summed E-state index contributed by atoms with van der Waals surface area (Å²) in [5.41, 5.74) is 6.54. The summed E-state index contributed by atoms with van der Waals surface area (Å²) in [6.07, 6.45) is 2.43. The van der Waals surface area contributed by atoms with Crippen LogP contribution in [0.2, 0.25) is 0 Å². The first-order valence-corrected chi connectivity index (χ1v) is 8.33. The first-order chi connectivity index (χ1) is 10.2. The van der Waals surface area contributed by atoms with Crippen molar-refractivity contribution in [3.8, 4) is 0 Å². The molecule has 4 heterocycles. The summed E-state index contributed by atoms with van der Waals surface area (Å²) < 4.78 is 1.11. The number of nitrogens with zero attached hydrogens (tertiary/aromatic N) is 1. The lowest BCUT2D eigenvalue weighted by Gasteiger charge is -2.44. The largest absolute Gasteiger partial charge is 0.399 e. The number of amides is 1. The number of fused-ring (bicyclic) bond motifs is 4. The third-order valence-corrected chi connectivity index (χ3v) is 5.85. The van der Waals surface area contributed by atoms with Gasteiger partial charge in [0.25, 0.3) is 5.91 Å². The van der Waals surface area contributed by atoms with Gasteiger partial charge in [-0.05, 0) is 61.5 Å². The zero-order valence-electron chi connectivity index (χ0n) is 11.8. The van der Waals surface area contributed by atoms with Crippen molar-refractivity contribution in [2.45, 2.75) is 18.9 Å². The summed E-state index contributed by atoms with van der Waals surface area (Å²) >= 11 is 1.54. The molecule has 3 aliphatic heterocycles. The average Bonchev–Trinajstić information content (AvgIpc) is 2.91. The van der Waals surface area contributed by atoms with Gasteiger partial charge in [-0.3, -0.25) is 4.79 Å². The number of nitrogens with two attached hydrogens (primary N) is 1. The summed E-state index contributed by atoms with van der Waals surface area (Å²) in [5.74, 6) is 0.720. The molecule has 0 saturated carbocycles. The van der Waals surface area contributed by atoms with Crippen LogP contribution >= 0.6 is 11.3 Å². The molecule has 3 aliphatic rings. The fourth-order valence-corrected chi connectivity index (χ4v) is 4.49. The molecule has 0 unspecified atom stereocenters. The van der Waals surface area contributed by atoms with Gasteiger partial charge in [-0.25, -0.2) is 0 Å². The number of carbonyl (C=O) groups is 1. The van der Waals surface area contributed by atoms with Crippen molar-refractivity contribution in [1.82, 2.24) is 10.2 Å². The molecule has 2 bridgehead atoms. The van der Waals surface area contributed by atoms with Crippen LogP contribution in [-0.2, 0) is 0 Å². The second-order valence-corrected chi connectivity index (χ2v) is 7.21. The molecule has 1 aromatic heterocycles. The number of nitrogens with one attached hydrogen (secondary N) is 1. The van der Waals surface area contributed by atoms with Crippen LogP contribution in [0.3, 0.4) is 0 Å². The van der Waals surface area contributed by atoms with E-state index in [2.05, 4.69) is 10.2 Å². The van der Waals surface area contributed by atoms with Gasteiger partial charge in [0, 0.05) is 23.0 Å². The van der Waals surface area contributed by atoms with Crippen LogP contribution in [0.4, 0.5) is 5.69 Å². The lowest BCUT2D eigenvalue weighted by atomic mass is 9.84. The van der Waals surface area contributed by atoms with Gasteiger partial charge in [-0.1, -0.05) is 0 Å². The number of hydrogen-bond acceptors (Lipinski definition) is 4. The van der Waals surface area contributed by atoms with Crippen molar-refractivity contribution >= 4 is 33.0 Å². The first-order valence-electron chi connectivity index (χ1n) is 7.51. The standard InChI is InChI=1S/C16H19N3OS/c17-12-1-2-14-11(7-12)8-15(21-14)16(20)18-13-9-19-5-3-10(13)4-6-19/h1-2,7-8,10,13H,3-6,9,17H2,(H,18,20)/t13-/m1/s1. The van der Waals surface area contributed by atoms with Gasteiger partial charge >= 0.3 is 0 Å². The number of nitrogen functional groups attached to an aromatic ring is 1. The molecule has 21 heavy (non-hydrogen) atoms. The quantitative estimate of drug-likeness (QED) is 0.837. The highest BCUT2D eigenvalue weighted by atomic mass is 32.1. The van der Waals surface area contributed by atoms with Crippen molar-refractivity contribution in [2.75, 3.05) is 25.4 Å². The summed E-state index contributed by atoms with van der Waals surface area (Å²) in [4.78, 5) is 15.7. The smallest absolute Gasteiger partial charge is 0.261 e. The predicted octanol–water partition coefficient (Wildman–Crippen LogP) is 2.31. The van der Waals surface area contributed by atoms with E-state index >= 15 is 0 Å². The van der Waals surface area contributed by atoms with Gasteiger partial charge in [-0.2, -0.15) is 0 Å². The highest BCUT2D eigenvalue weighted by Gasteiger charge is 2.35. The van der Waals surface area contributed by atoms with E-state index in [1.54, 1.807) is 11.3 Å². The minimum Gasteiger partial charge on any atom is -0.399 e. The van der Waals surface area contributed by atoms with Crippen molar-refractivity contribution < 1.29 is 4.79 Å². The molecule has 4 nitrogen and oxygen atoms in total. The normalized spacial score (nSPS) is 27.9. The van der Waals surface area contributed by atoms with Crippen LogP contribution in [0.25, 0.3) is 10.1 Å². The molecule has 0 aliphatic carbocycles. The molecule has 110 valence electrons. The molecule has 3 fully saturated rings. The van der Waals surface area contributed by atoms with E-state index in [9.17, 15) is 4.79 Å². The zero-order chi connectivity index (χ0) is 14.4. The van der Waals surface area contributed by atoms with Gasteiger partial charge < -0.3 is 16.0 Å². The Morgan fingerprint density at radius 2 is 2.10 bits per heavy atom. The maximum absolute atomic E-state index is 12.5. The van der Waals surface area contributed by atoms with Gasteiger partial charge in [0.15, 0.2) is 0 Å². The summed E-state index contributed by atoms with van der Waals surface area (Å²) in [6.45, 7) is 3.40.